The number of pyridine rings is 1. The van der Waals surface area contributed by atoms with Crippen molar-refractivity contribution in [2.75, 3.05) is 0 Å². The summed E-state index contributed by atoms with van der Waals surface area (Å²) in [5.74, 6) is -0.359. The summed E-state index contributed by atoms with van der Waals surface area (Å²) in [6, 6.07) is 2.48. The number of hydrogen-bond acceptors (Lipinski definition) is 4. The van der Waals surface area contributed by atoms with Crippen LogP contribution in [0.1, 0.15) is 22.4 Å². The van der Waals surface area contributed by atoms with E-state index in [1.807, 2.05) is 12.3 Å². The number of nitrogens with zero attached hydrogens (tertiary/aromatic N) is 2. The molecular formula is C11H12FN3S. The Balaban J connectivity index is 2.14. The summed E-state index contributed by atoms with van der Waals surface area (Å²) in [6.07, 6.45) is 2.06. The fourth-order valence-electron chi connectivity index (χ4n) is 1.49. The highest BCUT2D eigenvalue weighted by atomic mass is 32.1. The second kappa shape index (κ2) is 4.67. The van der Waals surface area contributed by atoms with Crippen LogP contribution in [0, 0.1) is 12.7 Å². The molecule has 2 aromatic heterocycles. The largest absolute Gasteiger partial charge is 0.322 e. The molecule has 0 aliphatic carbocycles. The van der Waals surface area contributed by atoms with Crippen LogP contribution in [0.4, 0.5) is 4.39 Å². The maximum absolute atomic E-state index is 13.4. The third kappa shape index (κ3) is 2.43. The van der Waals surface area contributed by atoms with E-state index >= 15 is 0 Å². The molecule has 16 heavy (non-hydrogen) atoms. The predicted molar refractivity (Wildman–Crippen MR) is 61.7 cm³/mol. The Kier molecular flexibility index (Phi) is 3.26. The van der Waals surface area contributed by atoms with Gasteiger partial charge in [-0.1, -0.05) is 0 Å². The van der Waals surface area contributed by atoms with E-state index in [1.54, 1.807) is 23.6 Å². The van der Waals surface area contributed by atoms with E-state index < -0.39 is 6.04 Å². The van der Waals surface area contributed by atoms with Crippen LogP contribution < -0.4 is 5.73 Å². The van der Waals surface area contributed by atoms with Gasteiger partial charge < -0.3 is 5.73 Å². The van der Waals surface area contributed by atoms with E-state index in [1.165, 1.54) is 6.07 Å². The van der Waals surface area contributed by atoms with Crippen LogP contribution in [0.3, 0.4) is 0 Å². The van der Waals surface area contributed by atoms with Crippen LogP contribution in [0.15, 0.2) is 23.7 Å². The van der Waals surface area contributed by atoms with Crippen LogP contribution in [-0.2, 0) is 6.42 Å². The second-order valence-corrected chi connectivity index (χ2v) is 4.60. The fourth-order valence-corrected chi connectivity index (χ4v) is 2.12. The van der Waals surface area contributed by atoms with Gasteiger partial charge in [0, 0.05) is 18.0 Å². The molecule has 0 aliphatic heterocycles. The highest BCUT2D eigenvalue weighted by molar-refractivity contribution is 7.09. The van der Waals surface area contributed by atoms with E-state index in [0.29, 0.717) is 12.1 Å². The van der Waals surface area contributed by atoms with Crippen molar-refractivity contribution in [3.8, 4) is 0 Å². The van der Waals surface area contributed by atoms with E-state index in [0.717, 1.165) is 10.7 Å². The smallest absolute Gasteiger partial charge is 0.146 e. The molecule has 2 heterocycles. The lowest BCUT2D eigenvalue weighted by molar-refractivity contribution is 0.562. The summed E-state index contributed by atoms with van der Waals surface area (Å²) in [6.45, 7) is 1.93. The molecule has 0 saturated carbocycles. The number of aryl methyl sites for hydroxylation is 1. The summed E-state index contributed by atoms with van der Waals surface area (Å²) in [5, 5.41) is 2.93. The zero-order valence-corrected chi connectivity index (χ0v) is 9.67. The average Bonchev–Trinajstić information content (AvgIpc) is 2.64. The normalized spacial score (nSPS) is 12.7. The van der Waals surface area contributed by atoms with Crippen molar-refractivity contribution in [3.05, 3.63) is 45.9 Å². The van der Waals surface area contributed by atoms with Crippen LogP contribution in [0.2, 0.25) is 0 Å². The molecule has 3 nitrogen and oxygen atoms in total. The first-order chi connectivity index (χ1) is 7.66. The van der Waals surface area contributed by atoms with E-state index in [4.69, 9.17) is 5.73 Å². The summed E-state index contributed by atoms with van der Waals surface area (Å²) in [5.41, 5.74) is 7.09. The lowest BCUT2D eigenvalue weighted by Gasteiger charge is -2.09. The summed E-state index contributed by atoms with van der Waals surface area (Å²) in [7, 11) is 0. The minimum atomic E-state index is -0.442. The molecule has 0 amide bonds. The number of halogens is 1. The van der Waals surface area contributed by atoms with Crippen LogP contribution in [-0.4, -0.2) is 9.97 Å². The van der Waals surface area contributed by atoms with Crippen LogP contribution in [0.5, 0.6) is 0 Å². The molecule has 0 aromatic carbocycles. The molecule has 84 valence electrons. The third-order valence-corrected chi connectivity index (χ3v) is 3.06. The molecule has 2 aromatic rings. The third-order valence-electron chi connectivity index (χ3n) is 2.23. The van der Waals surface area contributed by atoms with Crippen LogP contribution >= 0.6 is 11.3 Å². The van der Waals surface area contributed by atoms with Crippen molar-refractivity contribution in [3.63, 3.8) is 0 Å². The first kappa shape index (κ1) is 11.2. The van der Waals surface area contributed by atoms with E-state index in [9.17, 15) is 4.39 Å². The molecule has 2 rings (SSSR count). The summed E-state index contributed by atoms with van der Waals surface area (Å²) < 4.78 is 13.4. The Morgan fingerprint density at radius 1 is 1.56 bits per heavy atom. The zero-order chi connectivity index (χ0) is 11.5. The Labute approximate surface area is 97.2 Å². The minimum Gasteiger partial charge on any atom is -0.322 e. The maximum atomic E-state index is 13.4. The van der Waals surface area contributed by atoms with Crippen molar-refractivity contribution < 1.29 is 4.39 Å². The van der Waals surface area contributed by atoms with Gasteiger partial charge in [-0.15, -0.1) is 11.3 Å². The highest BCUT2D eigenvalue weighted by Crippen LogP contribution is 2.18. The summed E-state index contributed by atoms with van der Waals surface area (Å²) in [4.78, 5) is 8.25. The Morgan fingerprint density at radius 2 is 2.38 bits per heavy atom. The molecule has 1 atom stereocenters. The van der Waals surface area contributed by atoms with Gasteiger partial charge in [0.2, 0.25) is 0 Å². The van der Waals surface area contributed by atoms with Gasteiger partial charge in [0.15, 0.2) is 0 Å². The molecule has 0 spiro atoms. The number of rotatable bonds is 3. The number of nitrogens with two attached hydrogens (primary N) is 1. The number of thiazole rings is 1. The van der Waals surface area contributed by atoms with Crippen molar-refractivity contribution in [1.82, 2.24) is 9.97 Å². The van der Waals surface area contributed by atoms with Crippen molar-refractivity contribution in [2.45, 2.75) is 19.4 Å². The van der Waals surface area contributed by atoms with Gasteiger partial charge in [0.25, 0.3) is 0 Å². The Bertz CT molecular complexity index is 484. The molecule has 5 heteroatoms. The van der Waals surface area contributed by atoms with Gasteiger partial charge in [-0.2, -0.15) is 0 Å². The quantitative estimate of drug-likeness (QED) is 0.890. The Morgan fingerprint density at radius 3 is 3.00 bits per heavy atom. The standard InChI is InChI=1S/C11H12FN3S/c1-7-15-8(6-16-7)5-10(13)11-9(12)3-2-4-14-11/h2-4,6,10H,5,13H2,1H3. The number of hydrogen-bond donors (Lipinski definition) is 1. The van der Waals surface area contributed by atoms with Crippen molar-refractivity contribution in [1.29, 1.82) is 0 Å². The Hall–Kier alpha value is -1.33. The molecular weight excluding hydrogens is 225 g/mol. The molecule has 0 saturated heterocycles. The van der Waals surface area contributed by atoms with Gasteiger partial charge in [0.05, 0.1) is 22.4 Å². The first-order valence-corrected chi connectivity index (χ1v) is 5.82. The van der Waals surface area contributed by atoms with Crippen LogP contribution in [0.25, 0.3) is 0 Å². The molecule has 1 unspecified atom stereocenters. The second-order valence-electron chi connectivity index (χ2n) is 3.54. The molecule has 0 aliphatic rings. The first-order valence-electron chi connectivity index (χ1n) is 4.94. The molecule has 0 bridgehead atoms. The van der Waals surface area contributed by atoms with Gasteiger partial charge >= 0.3 is 0 Å². The van der Waals surface area contributed by atoms with Gasteiger partial charge in [-0.25, -0.2) is 9.37 Å². The van der Waals surface area contributed by atoms with E-state index in [-0.39, 0.29) is 5.82 Å². The molecule has 0 radical (unpaired) electrons. The fraction of sp³-hybridized carbons (Fsp3) is 0.273. The van der Waals surface area contributed by atoms with Crippen molar-refractivity contribution in [2.24, 2.45) is 5.73 Å². The minimum absolute atomic E-state index is 0.299. The predicted octanol–water partition coefficient (Wildman–Crippen LogP) is 2.23. The van der Waals surface area contributed by atoms with Gasteiger partial charge in [-0.3, -0.25) is 4.98 Å². The highest BCUT2D eigenvalue weighted by Gasteiger charge is 2.14. The van der Waals surface area contributed by atoms with Crippen molar-refractivity contribution >= 4 is 11.3 Å². The lowest BCUT2D eigenvalue weighted by atomic mass is 10.1. The molecule has 0 fully saturated rings. The topological polar surface area (TPSA) is 51.8 Å². The lowest BCUT2D eigenvalue weighted by Crippen LogP contribution is -2.16. The maximum Gasteiger partial charge on any atom is 0.146 e. The van der Waals surface area contributed by atoms with Gasteiger partial charge in [-0.05, 0) is 19.1 Å². The average molecular weight is 237 g/mol. The van der Waals surface area contributed by atoms with E-state index in [2.05, 4.69) is 9.97 Å². The zero-order valence-electron chi connectivity index (χ0n) is 8.85. The SMILES string of the molecule is Cc1nc(CC(N)c2ncccc2F)cs1. The number of aromatic nitrogens is 2. The summed E-state index contributed by atoms with van der Waals surface area (Å²) >= 11 is 1.56. The molecule has 2 N–H and O–H groups in total. The monoisotopic (exact) mass is 237 g/mol. The van der Waals surface area contributed by atoms with Gasteiger partial charge in [0.1, 0.15) is 5.82 Å².